The lowest BCUT2D eigenvalue weighted by Crippen LogP contribution is -2.33. The number of hydrogen-bond acceptors (Lipinski definition) is 6. The van der Waals surface area contributed by atoms with E-state index >= 15 is 0 Å². The van der Waals surface area contributed by atoms with Crippen LogP contribution in [0.1, 0.15) is 34.3 Å². The number of carbonyl (C=O) groups is 1. The van der Waals surface area contributed by atoms with Crippen molar-refractivity contribution in [3.63, 3.8) is 0 Å². The Balaban J connectivity index is 1.51. The molecule has 3 aromatic rings. The van der Waals surface area contributed by atoms with Crippen LogP contribution in [0, 0.1) is 0 Å². The average Bonchev–Trinajstić information content (AvgIpc) is 3.49. The number of hydrogen-bond donors (Lipinski definition) is 0. The van der Waals surface area contributed by atoms with Crippen molar-refractivity contribution < 1.29 is 17.9 Å². The quantitative estimate of drug-likeness (QED) is 0.514. The van der Waals surface area contributed by atoms with Crippen LogP contribution in [-0.4, -0.2) is 46.6 Å². The zero-order chi connectivity index (χ0) is 21.1. The molecular weight excluding hydrogens is 404 g/mol. The minimum atomic E-state index is -3.80. The lowest BCUT2D eigenvalue weighted by atomic mass is 10.1. The molecule has 0 N–H and O–H groups in total. The molecule has 0 unspecified atom stereocenters. The second-order valence-electron chi connectivity index (χ2n) is 7.18. The molecule has 1 aromatic heterocycles. The summed E-state index contributed by atoms with van der Waals surface area (Å²) in [5.41, 5.74) is 2.24. The standard InChI is InChI=1S/C21H22N4O4S/c1-29-20(26)18-9-7-17(8-10-18)13-24-15-22-21(23-24)30(27,28)25(19-11-12-19)14-16-5-3-2-4-6-16/h2-10,15,19H,11-14H2,1H3. The van der Waals surface area contributed by atoms with E-state index in [0.29, 0.717) is 18.7 Å². The van der Waals surface area contributed by atoms with E-state index in [9.17, 15) is 13.2 Å². The van der Waals surface area contributed by atoms with Crippen molar-refractivity contribution in [1.82, 2.24) is 19.1 Å². The fraction of sp³-hybridized carbons (Fsp3) is 0.286. The first-order valence-electron chi connectivity index (χ1n) is 9.60. The molecule has 1 heterocycles. The van der Waals surface area contributed by atoms with Gasteiger partial charge >= 0.3 is 5.97 Å². The molecule has 0 bridgehead atoms. The molecule has 9 heteroatoms. The van der Waals surface area contributed by atoms with E-state index in [-0.39, 0.29) is 11.2 Å². The molecule has 4 rings (SSSR count). The van der Waals surface area contributed by atoms with Gasteiger partial charge in [0.05, 0.1) is 19.2 Å². The van der Waals surface area contributed by atoms with Crippen molar-refractivity contribution in [2.45, 2.75) is 37.1 Å². The van der Waals surface area contributed by atoms with E-state index in [1.807, 2.05) is 30.3 Å². The Labute approximate surface area is 175 Å². The summed E-state index contributed by atoms with van der Waals surface area (Å²) in [4.78, 5) is 15.6. The number of nitrogens with zero attached hydrogens (tertiary/aromatic N) is 4. The van der Waals surface area contributed by atoms with E-state index in [1.165, 1.54) is 22.4 Å². The van der Waals surface area contributed by atoms with E-state index in [0.717, 1.165) is 24.0 Å². The molecule has 8 nitrogen and oxygen atoms in total. The summed E-state index contributed by atoms with van der Waals surface area (Å²) in [5.74, 6) is -0.408. The molecule has 0 amide bonds. The number of aromatic nitrogens is 3. The third-order valence-electron chi connectivity index (χ3n) is 4.91. The van der Waals surface area contributed by atoms with Gasteiger partial charge in [0, 0.05) is 12.6 Å². The zero-order valence-corrected chi connectivity index (χ0v) is 17.3. The summed E-state index contributed by atoms with van der Waals surface area (Å²) in [6.45, 7) is 0.642. The summed E-state index contributed by atoms with van der Waals surface area (Å²) in [5, 5.41) is 4.01. The van der Waals surface area contributed by atoms with E-state index in [4.69, 9.17) is 0 Å². The van der Waals surface area contributed by atoms with Crippen LogP contribution in [0.5, 0.6) is 0 Å². The summed E-state index contributed by atoms with van der Waals surface area (Å²) in [7, 11) is -2.47. The Morgan fingerprint density at radius 3 is 2.43 bits per heavy atom. The van der Waals surface area contributed by atoms with Crippen LogP contribution in [0.25, 0.3) is 0 Å². The lowest BCUT2D eigenvalue weighted by molar-refractivity contribution is 0.0600. The van der Waals surface area contributed by atoms with Crippen molar-refractivity contribution in [1.29, 1.82) is 0 Å². The molecule has 0 aliphatic heterocycles. The first kappa shape index (κ1) is 20.2. The minimum absolute atomic E-state index is 0.00646. The second-order valence-corrected chi connectivity index (χ2v) is 8.96. The van der Waals surface area contributed by atoms with Gasteiger partial charge in [-0.2, -0.15) is 4.31 Å². The maximum Gasteiger partial charge on any atom is 0.337 e. The summed E-state index contributed by atoms with van der Waals surface area (Å²) in [6.07, 6.45) is 3.10. The normalized spacial score (nSPS) is 14.1. The summed E-state index contributed by atoms with van der Waals surface area (Å²) in [6, 6.07) is 16.4. The predicted octanol–water partition coefficient (Wildman–Crippen LogP) is 2.47. The number of benzene rings is 2. The Kier molecular flexibility index (Phi) is 5.65. The van der Waals surface area contributed by atoms with Crippen LogP contribution < -0.4 is 0 Å². The van der Waals surface area contributed by atoms with Gasteiger partial charge in [0.25, 0.3) is 15.2 Å². The molecule has 2 aromatic carbocycles. The van der Waals surface area contributed by atoms with Gasteiger partial charge in [-0.25, -0.2) is 22.9 Å². The molecule has 0 radical (unpaired) electrons. The smallest absolute Gasteiger partial charge is 0.337 e. The Morgan fingerprint density at radius 2 is 1.80 bits per heavy atom. The van der Waals surface area contributed by atoms with Crippen LogP contribution in [0.3, 0.4) is 0 Å². The fourth-order valence-electron chi connectivity index (χ4n) is 3.16. The van der Waals surface area contributed by atoms with Gasteiger partial charge in [-0.05, 0) is 36.1 Å². The van der Waals surface area contributed by atoms with Crippen molar-refractivity contribution in [3.05, 3.63) is 77.6 Å². The summed E-state index contributed by atoms with van der Waals surface area (Å²) >= 11 is 0. The number of methoxy groups -OCH3 is 1. The molecule has 0 atom stereocenters. The van der Waals surface area contributed by atoms with E-state index in [2.05, 4.69) is 14.8 Å². The number of ether oxygens (including phenoxy) is 1. The van der Waals surface area contributed by atoms with Gasteiger partial charge in [-0.15, -0.1) is 5.10 Å². The first-order valence-corrected chi connectivity index (χ1v) is 11.0. The highest BCUT2D eigenvalue weighted by molar-refractivity contribution is 7.89. The minimum Gasteiger partial charge on any atom is -0.465 e. The molecule has 1 saturated carbocycles. The van der Waals surface area contributed by atoms with Crippen molar-refractivity contribution in [3.8, 4) is 0 Å². The molecule has 1 fully saturated rings. The van der Waals surface area contributed by atoms with Gasteiger partial charge in [0.1, 0.15) is 6.33 Å². The highest BCUT2D eigenvalue weighted by atomic mass is 32.2. The van der Waals surface area contributed by atoms with Crippen LogP contribution in [0.15, 0.2) is 66.1 Å². The van der Waals surface area contributed by atoms with Gasteiger partial charge in [0.2, 0.25) is 0 Å². The second kappa shape index (κ2) is 8.37. The van der Waals surface area contributed by atoms with Crippen LogP contribution in [-0.2, 0) is 27.8 Å². The van der Waals surface area contributed by atoms with Gasteiger partial charge in [-0.3, -0.25) is 0 Å². The SMILES string of the molecule is COC(=O)c1ccc(Cn2cnc(S(=O)(=O)N(Cc3ccccc3)C3CC3)n2)cc1. The fourth-order valence-corrected chi connectivity index (χ4v) is 4.68. The van der Waals surface area contributed by atoms with Gasteiger partial charge < -0.3 is 4.74 Å². The topological polar surface area (TPSA) is 94.4 Å². The molecule has 0 spiro atoms. The van der Waals surface area contributed by atoms with Gasteiger partial charge in [-0.1, -0.05) is 42.5 Å². The zero-order valence-electron chi connectivity index (χ0n) is 16.5. The maximum absolute atomic E-state index is 13.2. The lowest BCUT2D eigenvalue weighted by Gasteiger charge is -2.20. The average molecular weight is 426 g/mol. The monoisotopic (exact) mass is 426 g/mol. The highest BCUT2D eigenvalue weighted by Gasteiger charge is 2.40. The first-order chi connectivity index (χ1) is 14.5. The molecule has 0 saturated heterocycles. The van der Waals surface area contributed by atoms with Crippen molar-refractivity contribution in [2.24, 2.45) is 0 Å². The van der Waals surface area contributed by atoms with Crippen molar-refractivity contribution >= 4 is 16.0 Å². The van der Waals surface area contributed by atoms with Crippen LogP contribution >= 0.6 is 0 Å². The van der Waals surface area contributed by atoms with E-state index in [1.54, 1.807) is 24.3 Å². The third kappa shape index (κ3) is 4.42. The largest absolute Gasteiger partial charge is 0.465 e. The van der Waals surface area contributed by atoms with Crippen LogP contribution in [0.4, 0.5) is 0 Å². The van der Waals surface area contributed by atoms with Gasteiger partial charge in [0.15, 0.2) is 0 Å². The number of esters is 1. The molecule has 1 aliphatic rings. The van der Waals surface area contributed by atoms with Crippen molar-refractivity contribution in [2.75, 3.05) is 7.11 Å². The predicted molar refractivity (Wildman–Crippen MR) is 109 cm³/mol. The Bertz CT molecular complexity index is 1120. The van der Waals surface area contributed by atoms with E-state index < -0.39 is 16.0 Å². The molecule has 1 aliphatic carbocycles. The number of carbonyl (C=O) groups excluding carboxylic acids is 1. The number of sulfonamides is 1. The molecule has 156 valence electrons. The summed E-state index contributed by atoms with van der Waals surface area (Å²) < 4.78 is 34.0. The third-order valence-corrected chi connectivity index (χ3v) is 6.60. The van der Waals surface area contributed by atoms with Crippen LogP contribution in [0.2, 0.25) is 0 Å². The maximum atomic E-state index is 13.2. The molecular formula is C21H22N4O4S. The number of rotatable bonds is 8. The molecule has 30 heavy (non-hydrogen) atoms. The Hall–Kier alpha value is -3.04. The highest BCUT2D eigenvalue weighted by Crippen LogP contribution is 2.32. The Morgan fingerprint density at radius 1 is 1.10 bits per heavy atom.